The van der Waals surface area contributed by atoms with Crippen LogP contribution in [-0.4, -0.2) is 48.8 Å². The first-order chi connectivity index (χ1) is 7.61. The van der Waals surface area contributed by atoms with E-state index in [1.54, 1.807) is 7.11 Å². The van der Waals surface area contributed by atoms with Crippen molar-refractivity contribution in [2.24, 2.45) is 0 Å². The summed E-state index contributed by atoms with van der Waals surface area (Å²) in [6.45, 7) is 3.98. The average Bonchev–Trinajstić information content (AvgIpc) is 2.26. The summed E-state index contributed by atoms with van der Waals surface area (Å²) in [6, 6.07) is 2.26. The van der Waals surface area contributed by atoms with E-state index in [9.17, 15) is 4.79 Å². The minimum absolute atomic E-state index is 0.164. The molecule has 0 spiro atoms. The predicted molar refractivity (Wildman–Crippen MR) is 60.0 cm³/mol. The highest BCUT2D eigenvalue weighted by atomic mass is 16.5. The summed E-state index contributed by atoms with van der Waals surface area (Å²) >= 11 is 0. The smallest absolute Gasteiger partial charge is 0.303 e. The van der Waals surface area contributed by atoms with E-state index in [4.69, 9.17) is 15.1 Å². The zero-order chi connectivity index (χ0) is 12.4. The minimum atomic E-state index is -0.779. The van der Waals surface area contributed by atoms with Crippen molar-refractivity contribution in [2.75, 3.05) is 26.8 Å². The number of hydrogen-bond acceptors (Lipinski definition) is 4. The van der Waals surface area contributed by atoms with Crippen LogP contribution in [0.25, 0.3) is 0 Å². The molecule has 0 saturated heterocycles. The first kappa shape index (κ1) is 14.9. The number of carbonyl (C=O) groups is 1. The lowest BCUT2D eigenvalue weighted by atomic mass is 10.1. The van der Waals surface area contributed by atoms with Crippen molar-refractivity contribution in [1.29, 1.82) is 5.26 Å². The van der Waals surface area contributed by atoms with Gasteiger partial charge in [-0.3, -0.25) is 9.69 Å². The molecule has 1 atom stereocenters. The van der Waals surface area contributed by atoms with Gasteiger partial charge < -0.3 is 9.84 Å². The Morgan fingerprint density at radius 2 is 2.25 bits per heavy atom. The third-order valence-electron chi connectivity index (χ3n) is 2.49. The van der Waals surface area contributed by atoms with Gasteiger partial charge in [0.2, 0.25) is 0 Å². The summed E-state index contributed by atoms with van der Waals surface area (Å²) in [5.41, 5.74) is 0. The molecule has 0 heterocycles. The molecule has 0 aromatic heterocycles. The number of ether oxygens (including phenoxy) is 1. The Morgan fingerprint density at radius 3 is 2.75 bits per heavy atom. The summed E-state index contributed by atoms with van der Waals surface area (Å²) in [5, 5.41) is 17.1. The molecule has 0 bridgehead atoms. The van der Waals surface area contributed by atoms with Crippen LogP contribution in [0, 0.1) is 11.3 Å². The fourth-order valence-electron chi connectivity index (χ4n) is 1.47. The zero-order valence-corrected chi connectivity index (χ0v) is 9.98. The highest BCUT2D eigenvalue weighted by Crippen LogP contribution is 2.07. The second kappa shape index (κ2) is 9.13. The summed E-state index contributed by atoms with van der Waals surface area (Å²) in [5.74, 6) is -0.779. The van der Waals surface area contributed by atoms with Gasteiger partial charge in [-0.05, 0) is 13.3 Å². The average molecular weight is 228 g/mol. The molecule has 5 heteroatoms. The van der Waals surface area contributed by atoms with E-state index in [1.807, 2.05) is 6.92 Å². The van der Waals surface area contributed by atoms with Gasteiger partial charge in [-0.2, -0.15) is 5.26 Å². The van der Waals surface area contributed by atoms with Crippen LogP contribution in [0.15, 0.2) is 0 Å². The van der Waals surface area contributed by atoms with Gasteiger partial charge >= 0.3 is 5.97 Å². The van der Waals surface area contributed by atoms with Crippen molar-refractivity contribution >= 4 is 5.97 Å². The molecule has 0 radical (unpaired) electrons. The molecule has 1 N–H and O–H groups in total. The number of hydrogen-bond donors (Lipinski definition) is 1. The maximum atomic E-state index is 10.5. The van der Waals surface area contributed by atoms with Crippen LogP contribution in [0.5, 0.6) is 0 Å². The van der Waals surface area contributed by atoms with Crippen LogP contribution in [0.4, 0.5) is 0 Å². The number of carboxylic acids is 1. The van der Waals surface area contributed by atoms with Crippen molar-refractivity contribution in [3.63, 3.8) is 0 Å². The molecule has 0 aliphatic rings. The summed E-state index contributed by atoms with van der Waals surface area (Å²) in [7, 11) is 1.63. The van der Waals surface area contributed by atoms with Crippen molar-refractivity contribution in [3.8, 4) is 6.07 Å². The van der Waals surface area contributed by atoms with Crippen LogP contribution in [0.3, 0.4) is 0 Å². The van der Waals surface area contributed by atoms with Crippen LogP contribution in [-0.2, 0) is 9.53 Å². The fourth-order valence-corrected chi connectivity index (χ4v) is 1.47. The molecule has 16 heavy (non-hydrogen) atoms. The van der Waals surface area contributed by atoms with Crippen LogP contribution < -0.4 is 0 Å². The third kappa shape index (κ3) is 7.21. The molecule has 5 nitrogen and oxygen atoms in total. The van der Waals surface area contributed by atoms with Crippen molar-refractivity contribution in [2.45, 2.75) is 32.2 Å². The molecule has 0 fully saturated rings. The molecule has 0 aromatic rings. The van der Waals surface area contributed by atoms with Gasteiger partial charge in [0, 0.05) is 39.1 Å². The van der Waals surface area contributed by atoms with Gasteiger partial charge in [-0.15, -0.1) is 0 Å². The largest absolute Gasteiger partial charge is 0.481 e. The van der Waals surface area contributed by atoms with E-state index >= 15 is 0 Å². The Labute approximate surface area is 96.6 Å². The first-order valence-electron chi connectivity index (χ1n) is 5.43. The molecular weight excluding hydrogens is 208 g/mol. The monoisotopic (exact) mass is 228 g/mol. The standard InChI is InChI=1S/C11H20N2O3/c1-10(4-5-11(14)15)13(7-3-6-12)8-9-16-2/h10H,3-5,7-9H2,1-2H3,(H,14,15). The van der Waals surface area contributed by atoms with E-state index in [-0.39, 0.29) is 12.5 Å². The second-order valence-electron chi connectivity index (χ2n) is 3.72. The molecule has 0 aliphatic heterocycles. The first-order valence-corrected chi connectivity index (χ1v) is 5.43. The highest BCUT2D eigenvalue weighted by Gasteiger charge is 2.14. The number of methoxy groups -OCH3 is 1. The quantitative estimate of drug-likeness (QED) is 0.639. The fraction of sp³-hybridized carbons (Fsp3) is 0.818. The predicted octanol–water partition coefficient (Wildman–Crippen LogP) is 1.10. The lowest BCUT2D eigenvalue weighted by Crippen LogP contribution is -2.36. The van der Waals surface area contributed by atoms with Gasteiger partial charge in [0.15, 0.2) is 0 Å². The van der Waals surface area contributed by atoms with Gasteiger partial charge in [0.1, 0.15) is 0 Å². The minimum Gasteiger partial charge on any atom is -0.481 e. The topological polar surface area (TPSA) is 73.6 Å². The van der Waals surface area contributed by atoms with E-state index in [1.165, 1.54) is 0 Å². The van der Waals surface area contributed by atoms with Crippen molar-refractivity contribution in [3.05, 3.63) is 0 Å². The number of nitrogens with zero attached hydrogens (tertiary/aromatic N) is 2. The van der Waals surface area contributed by atoms with Gasteiger partial charge in [0.25, 0.3) is 0 Å². The summed E-state index contributed by atoms with van der Waals surface area (Å²) < 4.78 is 4.99. The number of rotatable bonds is 9. The van der Waals surface area contributed by atoms with E-state index in [0.29, 0.717) is 26.0 Å². The second-order valence-corrected chi connectivity index (χ2v) is 3.72. The lowest BCUT2D eigenvalue weighted by Gasteiger charge is -2.27. The Kier molecular flexibility index (Phi) is 8.49. The number of nitriles is 1. The number of carboxylic acid groups (broad SMARTS) is 1. The Balaban J connectivity index is 4.03. The van der Waals surface area contributed by atoms with Gasteiger partial charge in [-0.25, -0.2) is 0 Å². The van der Waals surface area contributed by atoms with E-state index in [0.717, 1.165) is 6.54 Å². The summed E-state index contributed by atoms with van der Waals surface area (Å²) in [4.78, 5) is 12.6. The van der Waals surface area contributed by atoms with Crippen LogP contribution in [0.2, 0.25) is 0 Å². The molecule has 0 amide bonds. The summed E-state index contributed by atoms with van der Waals surface area (Å²) in [6.07, 6.45) is 1.23. The molecule has 92 valence electrons. The van der Waals surface area contributed by atoms with Crippen molar-refractivity contribution < 1.29 is 14.6 Å². The zero-order valence-electron chi connectivity index (χ0n) is 9.98. The third-order valence-corrected chi connectivity index (χ3v) is 2.49. The lowest BCUT2D eigenvalue weighted by molar-refractivity contribution is -0.137. The molecular formula is C11H20N2O3. The molecule has 0 rings (SSSR count). The van der Waals surface area contributed by atoms with Crippen LogP contribution in [0.1, 0.15) is 26.2 Å². The maximum Gasteiger partial charge on any atom is 0.303 e. The van der Waals surface area contributed by atoms with Crippen LogP contribution >= 0.6 is 0 Å². The molecule has 0 saturated carbocycles. The SMILES string of the molecule is COCCN(CCC#N)C(C)CCC(=O)O. The van der Waals surface area contributed by atoms with E-state index in [2.05, 4.69) is 11.0 Å². The Hall–Kier alpha value is -1.12. The van der Waals surface area contributed by atoms with E-state index < -0.39 is 5.97 Å². The van der Waals surface area contributed by atoms with Gasteiger partial charge in [-0.1, -0.05) is 0 Å². The van der Waals surface area contributed by atoms with Gasteiger partial charge in [0.05, 0.1) is 12.7 Å². The molecule has 0 aromatic carbocycles. The maximum absolute atomic E-state index is 10.5. The Morgan fingerprint density at radius 1 is 1.56 bits per heavy atom. The molecule has 1 unspecified atom stereocenters. The number of aliphatic carboxylic acids is 1. The highest BCUT2D eigenvalue weighted by molar-refractivity contribution is 5.66. The molecule has 0 aliphatic carbocycles. The Bertz CT molecular complexity index is 238. The van der Waals surface area contributed by atoms with Crippen molar-refractivity contribution in [1.82, 2.24) is 4.90 Å². The normalized spacial score (nSPS) is 12.4.